The van der Waals surface area contributed by atoms with Gasteiger partial charge in [0.05, 0.1) is 0 Å². The number of amides is 1. The third kappa shape index (κ3) is 4.39. The number of rotatable bonds is 5. The molecule has 0 aliphatic carbocycles. The van der Waals surface area contributed by atoms with Gasteiger partial charge in [-0.15, -0.1) is 0 Å². The molecule has 28 heavy (non-hydrogen) atoms. The van der Waals surface area contributed by atoms with Gasteiger partial charge in [0.15, 0.2) is 0 Å². The van der Waals surface area contributed by atoms with Crippen molar-refractivity contribution in [2.24, 2.45) is 17.1 Å². The zero-order valence-corrected chi connectivity index (χ0v) is 17.4. The molecule has 0 radical (unpaired) electrons. The highest BCUT2D eigenvalue weighted by Gasteiger charge is 2.39. The molecule has 3 atom stereocenters. The van der Waals surface area contributed by atoms with Gasteiger partial charge in [0.1, 0.15) is 5.75 Å². The first kappa shape index (κ1) is 20.4. The van der Waals surface area contributed by atoms with E-state index < -0.39 is 0 Å². The first-order chi connectivity index (χ1) is 13.2. The van der Waals surface area contributed by atoms with Crippen molar-refractivity contribution in [2.75, 3.05) is 7.05 Å². The highest BCUT2D eigenvalue weighted by atomic mass is 16.3. The molecule has 2 aromatic carbocycles. The summed E-state index contributed by atoms with van der Waals surface area (Å²) in [5.74, 6) is -0.111. The lowest BCUT2D eigenvalue weighted by Gasteiger charge is -2.41. The van der Waals surface area contributed by atoms with Crippen molar-refractivity contribution >= 4 is 5.91 Å². The van der Waals surface area contributed by atoms with Crippen LogP contribution in [0.4, 0.5) is 0 Å². The van der Waals surface area contributed by atoms with Crippen molar-refractivity contribution < 1.29 is 9.90 Å². The van der Waals surface area contributed by atoms with Crippen LogP contribution in [-0.4, -0.2) is 29.0 Å². The molecule has 1 heterocycles. The molecular formula is C24H32N2O2. The van der Waals surface area contributed by atoms with Gasteiger partial charge in [0, 0.05) is 24.4 Å². The summed E-state index contributed by atoms with van der Waals surface area (Å²) in [7, 11) is 2.09. The largest absolute Gasteiger partial charge is 0.508 e. The molecule has 0 bridgehead atoms. The standard InChI is InChI=1S/C24H32N2O2/c1-24(2,3)22(16-8-6-5-7-9-16)21(23(25)28)14-19-12-17-10-11-20(27)13-18(17)15-26(19)4/h5-11,13,19,21-22,27H,12,14-15H2,1-4H3,(H2,25,28)/t19-,21?,22?/m1/s1. The van der Waals surface area contributed by atoms with Gasteiger partial charge in [-0.05, 0) is 54.1 Å². The first-order valence-electron chi connectivity index (χ1n) is 10.0. The number of phenols is 1. The highest BCUT2D eigenvalue weighted by molar-refractivity contribution is 5.78. The topological polar surface area (TPSA) is 66.6 Å². The van der Waals surface area contributed by atoms with E-state index in [1.54, 1.807) is 6.07 Å². The SMILES string of the molecule is CN1Cc2cc(O)ccc2C[C@@H]1CC(C(N)=O)C(c1ccccc1)C(C)(C)C. The molecule has 1 aliphatic heterocycles. The van der Waals surface area contributed by atoms with E-state index >= 15 is 0 Å². The lowest BCUT2D eigenvalue weighted by atomic mass is 9.67. The van der Waals surface area contributed by atoms with Crippen LogP contribution in [0.25, 0.3) is 0 Å². The average molecular weight is 381 g/mol. The van der Waals surface area contributed by atoms with Gasteiger partial charge < -0.3 is 10.8 Å². The van der Waals surface area contributed by atoms with Gasteiger partial charge >= 0.3 is 0 Å². The number of phenolic OH excluding ortho intramolecular Hbond substituents is 1. The van der Waals surface area contributed by atoms with Gasteiger partial charge in [-0.1, -0.05) is 57.2 Å². The van der Waals surface area contributed by atoms with Crippen LogP contribution in [0.15, 0.2) is 48.5 Å². The van der Waals surface area contributed by atoms with Crippen LogP contribution >= 0.6 is 0 Å². The number of aromatic hydroxyl groups is 1. The summed E-state index contributed by atoms with van der Waals surface area (Å²) in [5.41, 5.74) is 9.45. The average Bonchev–Trinajstić information content (AvgIpc) is 2.61. The smallest absolute Gasteiger partial charge is 0.221 e. The summed E-state index contributed by atoms with van der Waals surface area (Å²) in [6.07, 6.45) is 1.59. The summed E-state index contributed by atoms with van der Waals surface area (Å²) in [4.78, 5) is 14.9. The minimum absolute atomic E-state index is 0.0563. The first-order valence-corrected chi connectivity index (χ1v) is 10.0. The minimum Gasteiger partial charge on any atom is -0.508 e. The monoisotopic (exact) mass is 380 g/mol. The Morgan fingerprint density at radius 3 is 2.46 bits per heavy atom. The highest BCUT2D eigenvalue weighted by Crippen LogP contribution is 2.43. The van der Waals surface area contributed by atoms with E-state index in [0.717, 1.165) is 24.9 Å². The molecule has 0 aromatic heterocycles. The second-order valence-electron chi connectivity index (χ2n) is 9.23. The molecular weight excluding hydrogens is 348 g/mol. The lowest BCUT2D eigenvalue weighted by molar-refractivity contribution is -0.124. The van der Waals surface area contributed by atoms with E-state index in [2.05, 4.69) is 44.9 Å². The molecule has 150 valence electrons. The number of hydrogen-bond acceptors (Lipinski definition) is 3. The maximum atomic E-state index is 12.6. The fourth-order valence-electron chi connectivity index (χ4n) is 4.74. The Hall–Kier alpha value is -2.33. The Labute approximate surface area is 168 Å². The number of hydrogen-bond donors (Lipinski definition) is 2. The molecule has 0 spiro atoms. The third-order valence-corrected chi connectivity index (χ3v) is 6.07. The Morgan fingerprint density at radius 2 is 1.86 bits per heavy atom. The normalized spacial score (nSPS) is 19.6. The molecule has 1 amide bonds. The Balaban J connectivity index is 1.90. The second kappa shape index (κ2) is 7.96. The summed E-state index contributed by atoms with van der Waals surface area (Å²) in [6.45, 7) is 7.32. The Bertz CT molecular complexity index is 826. The third-order valence-electron chi connectivity index (χ3n) is 6.07. The summed E-state index contributed by atoms with van der Waals surface area (Å²) < 4.78 is 0. The Morgan fingerprint density at radius 1 is 1.18 bits per heavy atom. The molecule has 3 N–H and O–H groups in total. The van der Waals surface area contributed by atoms with E-state index in [1.807, 2.05) is 30.3 Å². The van der Waals surface area contributed by atoms with Crippen LogP contribution < -0.4 is 5.73 Å². The zero-order valence-electron chi connectivity index (χ0n) is 17.4. The van der Waals surface area contributed by atoms with E-state index in [4.69, 9.17) is 5.73 Å². The summed E-state index contributed by atoms with van der Waals surface area (Å²) >= 11 is 0. The summed E-state index contributed by atoms with van der Waals surface area (Å²) in [6, 6.07) is 16.1. The van der Waals surface area contributed by atoms with Crippen molar-refractivity contribution in [2.45, 2.75) is 52.1 Å². The number of nitrogens with two attached hydrogens (primary N) is 1. The van der Waals surface area contributed by atoms with Crippen LogP contribution in [0.5, 0.6) is 5.75 Å². The number of fused-ring (bicyclic) bond motifs is 1. The van der Waals surface area contributed by atoms with Gasteiger partial charge in [0.2, 0.25) is 5.91 Å². The molecule has 2 aromatic rings. The maximum Gasteiger partial charge on any atom is 0.221 e. The number of benzene rings is 2. The predicted molar refractivity (Wildman–Crippen MR) is 113 cm³/mol. The number of primary amides is 1. The summed E-state index contributed by atoms with van der Waals surface area (Å²) in [5, 5.41) is 9.77. The van der Waals surface area contributed by atoms with Crippen LogP contribution in [0, 0.1) is 11.3 Å². The quantitative estimate of drug-likeness (QED) is 0.822. The van der Waals surface area contributed by atoms with Crippen LogP contribution in [0.1, 0.15) is 49.8 Å². The van der Waals surface area contributed by atoms with E-state index in [9.17, 15) is 9.90 Å². The maximum absolute atomic E-state index is 12.6. The van der Waals surface area contributed by atoms with Crippen molar-refractivity contribution in [1.29, 1.82) is 0 Å². The van der Waals surface area contributed by atoms with Crippen molar-refractivity contribution in [3.8, 4) is 5.75 Å². The van der Waals surface area contributed by atoms with E-state index in [-0.39, 0.29) is 29.2 Å². The molecule has 4 nitrogen and oxygen atoms in total. The van der Waals surface area contributed by atoms with Crippen LogP contribution in [0.3, 0.4) is 0 Å². The molecule has 0 saturated heterocycles. The number of nitrogens with zero attached hydrogens (tertiary/aromatic N) is 1. The molecule has 1 aliphatic rings. The lowest BCUT2D eigenvalue weighted by Crippen LogP contribution is -2.44. The molecule has 4 heteroatoms. The van der Waals surface area contributed by atoms with E-state index in [0.29, 0.717) is 5.75 Å². The Kier molecular flexibility index (Phi) is 5.80. The molecule has 2 unspecified atom stereocenters. The second-order valence-corrected chi connectivity index (χ2v) is 9.23. The van der Waals surface area contributed by atoms with Gasteiger partial charge in [-0.3, -0.25) is 9.69 Å². The predicted octanol–water partition coefficient (Wildman–Crippen LogP) is 4.07. The van der Waals surface area contributed by atoms with E-state index in [1.165, 1.54) is 11.1 Å². The van der Waals surface area contributed by atoms with Gasteiger partial charge in [-0.25, -0.2) is 0 Å². The fourth-order valence-corrected chi connectivity index (χ4v) is 4.74. The van der Waals surface area contributed by atoms with Crippen molar-refractivity contribution in [3.63, 3.8) is 0 Å². The van der Waals surface area contributed by atoms with Crippen LogP contribution in [0.2, 0.25) is 0 Å². The van der Waals surface area contributed by atoms with Crippen molar-refractivity contribution in [1.82, 2.24) is 4.90 Å². The minimum atomic E-state index is -0.242. The molecule has 3 rings (SSSR count). The fraction of sp³-hybridized carbons (Fsp3) is 0.458. The molecule has 0 saturated carbocycles. The van der Waals surface area contributed by atoms with Crippen LogP contribution in [-0.2, 0) is 17.8 Å². The molecule has 0 fully saturated rings. The number of likely N-dealkylation sites (N-methyl/N-ethyl adjacent to an activating group) is 1. The van der Waals surface area contributed by atoms with Crippen molar-refractivity contribution in [3.05, 3.63) is 65.2 Å². The van der Waals surface area contributed by atoms with Gasteiger partial charge in [-0.2, -0.15) is 0 Å². The van der Waals surface area contributed by atoms with Gasteiger partial charge in [0.25, 0.3) is 0 Å². The number of carbonyl (C=O) groups is 1. The number of carbonyl (C=O) groups excluding carboxylic acids is 1. The zero-order chi connectivity index (χ0) is 20.5.